The largest absolute Gasteiger partial charge is 0.388 e. The van der Waals surface area contributed by atoms with E-state index in [1.807, 2.05) is 12.1 Å². The molecule has 2 aromatic rings. The zero-order valence-corrected chi connectivity index (χ0v) is 13.7. The van der Waals surface area contributed by atoms with E-state index < -0.39 is 12.0 Å². The third-order valence-electron chi connectivity index (χ3n) is 3.22. The lowest BCUT2D eigenvalue weighted by Crippen LogP contribution is -2.21. The minimum absolute atomic E-state index is 0.157. The maximum absolute atomic E-state index is 13.9. The summed E-state index contributed by atoms with van der Waals surface area (Å²) in [7, 11) is 0. The van der Waals surface area contributed by atoms with Crippen molar-refractivity contribution in [1.29, 1.82) is 0 Å². The molecule has 0 fully saturated rings. The average molecular weight is 403 g/mol. The summed E-state index contributed by atoms with van der Waals surface area (Å²) in [6.45, 7) is 0.157. The van der Waals surface area contributed by atoms with Crippen LogP contribution in [0, 0.1) is 5.82 Å². The second kappa shape index (κ2) is 6.80. The van der Waals surface area contributed by atoms with Gasteiger partial charge in [-0.25, -0.2) is 4.39 Å². The number of hydrogen-bond donors (Lipinski definition) is 2. The highest BCUT2D eigenvalue weighted by atomic mass is 79.9. The summed E-state index contributed by atoms with van der Waals surface area (Å²) in [6, 6.07) is 11.9. The monoisotopic (exact) mass is 401 g/mol. The van der Waals surface area contributed by atoms with Crippen molar-refractivity contribution in [1.82, 2.24) is 0 Å². The molecule has 2 unspecified atom stereocenters. The van der Waals surface area contributed by atoms with Gasteiger partial charge in [0.05, 0.1) is 6.10 Å². The molecule has 2 atom stereocenters. The molecule has 0 aromatic heterocycles. The molecule has 0 saturated carbocycles. The molecule has 0 aliphatic carbocycles. The van der Waals surface area contributed by atoms with Crippen LogP contribution >= 0.6 is 31.9 Å². The maximum atomic E-state index is 13.9. The fourth-order valence-corrected chi connectivity index (χ4v) is 3.44. The molecule has 0 amide bonds. The van der Waals surface area contributed by atoms with Gasteiger partial charge in [-0.3, -0.25) is 0 Å². The summed E-state index contributed by atoms with van der Waals surface area (Å²) in [5.41, 5.74) is 6.86. The summed E-state index contributed by atoms with van der Waals surface area (Å²) in [6.07, 6.45) is -0.876. The van der Waals surface area contributed by atoms with E-state index in [-0.39, 0.29) is 12.4 Å². The Labute approximate surface area is 134 Å². The molecule has 106 valence electrons. The maximum Gasteiger partial charge on any atom is 0.126 e. The molecule has 3 N–H and O–H groups in total. The van der Waals surface area contributed by atoms with Gasteiger partial charge in [-0.05, 0) is 29.3 Å². The van der Waals surface area contributed by atoms with Crippen molar-refractivity contribution in [2.75, 3.05) is 6.54 Å². The molecule has 0 saturated heterocycles. The molecule has 2 nitrogen and oxygen atoms in total. The van der Waals surface area contributed by atoms with Crippen LogP contribution in [0.1, 0.15) is 23.1 Å². The minimum Gasteiger partial charge on any atom is -0.388 e. The highest BCUT2D eigenvalue weighted by Crippen LogP contribution is 2.36. The topological polar surface area (TPSA) is 46.2 Å². The first-order valence-electron chi connectivity index (χ1n) is 6.12. The van der Waals surface area contributed by atoms with Crippen LogP contribution in [-0.2, 0) is 0 Å². The summed E-state index contributed by atoms with van der Waals surface area (Å²) in [5, 5.41) is 10.5. The molecule has 0 aliphatic rings. The number of rotatable bonds is 4. The minimum atomic E-state index is -0.876. The highest BCUT2D eigenvalue weighted by Gasteiger charge is 2.25. The summed E-state index contributed by atoms with van der Waals surface area (Å²) in [4.78, 5) is 0. The van der Waals surface area contributed by atoms with E-state index in [4.69, 9.17) is 5.73 Å². The molecule has 2 aromatic carbocycles. The molecular formula is C15H14Br2FNO. The Hall–Kier alpha value is -0.750. The predicted molar refractivity (Wildman–Crippen MR) is 85.0 cm³/mol. The summed E-state index contributed by atoms with van der Waals surface area (Å²) >= 11 is 6.77. The fourth-order valence-electron chi connectivity index (χ4n) is 2.16. The number of aliphatic hydroxyl groups excluding tert-OH is 1. The van der Waals surface area contributed by atoms with Crippen LogP contribution in [0.5, 0.6) is 0 Å². The number of hydrogen-bond acceptors (Lipinski definition) is 2. The van der Waals surface area contributed by atoms with Crippen LogP contribution in [0.3, 0.4) is 0 Å². The Kier molecular flexibility index (Phi) is 5.32. The van der Waals surface area contributed by atoms with Gasteiger partial charge in [-0.15, -0.1) is 0 Å². The molecule has 5 heteroatoms. The molecular weight excluding hydrogens is 389 g/mol. The lowest BCUT2D eigenvalue weighted by molar-refractivity contribution is 0.145. The van der Waals surface area contributed by atoms with E-state index in [2.05, 4.69) is 31.9 Å². The molecule has 0 aliphatic heterocycles. The van der Waals surface area contributed by atoms with Crippen LogP contribution in [0.15, 0.2) is 51.4 Å². The van der Waals surface area contributed by atoms with Crippen LogP contribution in [0.25, 0.3) is 0 Å². The molecule has 0 bridgehead atoms. The van der Waals surface area contributed by atoms with E-state index in [0.29, 0.717) is 11.1 Å². The highest BCUT2D eigenvalue weighted by molar-refractivity contribution is 9.11. The van der Waals surface area contributed by atoms with E-state index in [0.717, 1.165) is 8.95 Å². The van der Waals surface area contributed by atoms with Crippen molar-refractivity contribution in [3.05, 3.63) is 68.4 Å². The summed E-state index contributed by atoms with van der Waals surface area (Å²) < 4.78 is 15.5. The van der Waals surface area contributed by atoms with Crippen LogP contribution < -0.4 is 5.73 Å². The SMILES string of the molecule is NCC(c1ccccc1F)C(O)c1ccc(Br)cc1Br. The molecule has 2 rings (SSSR count). The quantitative estimate of drug-likeness (QED) is 0.807. The fraction of sp³-hybridized carbons (Fsp3) is 0.200. The number of nitrogens with two attached hydrogens (primary N) is 1. The van der Waals surface area contributed by atoms with Gasteiger partial charge in [-0.1, -0.05) is 56.1 Å². The third-order valence-corrected chi connectivity index (χ3v) is 4.40. The lowest BCUT2D eigenvalue weighted by Gasteiger charge is -2.23. The number of halogens is 3. The van der Waals surface area contributed by atoms with Crippen LogP contribution in [-0.4, -0.2) is 11.7 Å². The molecule has 20 heavy (non-hydrogen) atoms. The van der Waals surface area contributed by atoms with Crippen molar-refractivity contribution >= 4 is 31.9 Å². The van der Waals surface area contributed by atoms with Crippen molar-refractivity contribution in [3.63, 3.8) is 0 Å². The van der Waals surface area contributed by atoms with Gasteiger partial charge < -0.3 is 10.8 Å². The standard InChI is InChI=1S/C15H14Br2FNO/c16-9-5-6-11(13(17)7-9)15(20)12(8-19)10-3-1-2-4-14(10)18/h1-7,12,15,20H,8,19H2. The first-order chi connectivity index (χ1) is 9.54. The smallest absolute Gasteiger partial charge is 0.126 e. The van der Waals surface area contributed by atoms with Crippen molar-refractivity contribution in [2.24, 2.45) is 5.73 Å². The van der Waals surface area contributed by atoms with Crippen LogP contribution in [0.4, 0.5) is 4.39 Å². The van der Waals surface area contributed by atoms with Gasteiger partial charge in [0, 0.05) is 21.4 Å². The Morgan fingerprint density at radius 1 is 1.10 bits per heavy atom. The van der Waals surface area contributed by atoms with E-state index in [1.54, 1.807) is 24.3 Å². The Morgan fingerprint density at radius 3 is 2.40 bits per heavy atom. The van der Waals surface area contributed by atoms with Gasteiger partial charge in [0.25, 0.3) is 0 Å². The Morgan fingerprint density at radius 2 is 1.80 bits per heavy atom. The number of aliphatic hydroxyl groups is 1. The molecule has 0 spiro atoms. The second-order valence-electron chi connectivity index (χ2n) is 4.47. The Balaban J connectivity index is 2.39. The van der Waals surface area contributed by atoms with Crippen molar-refractivity contribution in [2.45, 2.75) is 12.0 Å². The normalized spacial score (nSPS) is 14.1. The predicted octanol–water partition coefficient (Wildman–Crippen LogP) is 4.13. The first kappa shape index (κ1) is 15.6. The lowest BCUT2D eigenvalue weighted by atomic mass is 9.89. The third kappa shape index (κ3) is 3.28. The molecule has 0 radical (unpaired) electrons. The van der Waals surface area contributed by atoms with Gasteiger partial charge >= 0.3 is 0 Å². The van der Waals surface area contributed by atoms with Gasteiger partial charge in [0.1, 0.15) is 5.82 Å². The van der Waals surface area contributed by atoms with E-state index in [1.165, 1.54) is 6.07 Å². The summed E-state index contributed by atoms with van der Waals surface area (Å²) in [5.74, 6) is -0.844. The first-order valence-corrected chi connectivity index (χ1v) is 7.70. The van der Waals surface area contributed by atoms with E-state index >= 15 is 0 Å². The average Bonchev–Trinajstić information content (AvgIpc) is 2.41. The number of benzene rings is 2. The van der Waals surface area contributed by atoms with Gasteiger partial charge in [-0.2, -0.15) is 0 Å². The molecule has 0 heterocycles. The van der Waals surface area contributed by atoms with Gasteiger partial charge in [0.2, 0.25) is 0 Å². The van der Waals surface area contributed by atoms with Gasteiger partial charge in [0.15, 0.2) is 0 Å². The van der Waals surface area contributed by atoms with Crippen molar-refractivity contribution < 1.29 is 9.50 Å². The van der Waals surface area contributed by atoms with E-state index in [9.17, 15) is 9.50 Å². The zero-order chi connectivity index (χ0) is 14.7. The van der Waals surface area contributed by atoms with Crippen molar-refractivity contribution in [3.8, 4) is 0 Å². The second-order valence-corrected chi connectivity index (χ2v) is 6.24. The Bertz CT molecular complexity index is 606. The van der Waals surface area contributed by atoms with Crippen LogP contribution in [0.2, 0.25) is 0 Å². The zero-order valence-electron chi connectivity index (χ0n) is 10.6.